The lowest BCUT2D eigenvalue weighted by Gasteiger charge is -2.23. The Morgan fingerprint density at radius 2 is 2.00 bits per heavy atom. The molecule has 0 bridgehead atoms. The minimum absolute atomic E-state index is 0.0178. The zero-order chi connectivity index (χ0) is 19.7. The molecule has 3 aromatic rings. The highest BCUT2D eigenvalue weighted by atomic mass is 32.2. The normalized spacial score (nSPS) is 15.8. The van der Waals surface area contributed by atoms with E-state index in [0.717, 1.165) is 32.0 Å². The van der Waals surface area contributed by atoms with Gasteiger partial charge >= 0.3 is 0 Å². The zero-order valence-corrected chi connectivity index (χ0v) is 16.4. The summed E-state index contributed by atoms with van der Waals surface area (Å²) >= 11 is 0. The van der Waals surface area contributed by atoms with E-state index in [1.807, 2.05) is 4.57 Å². The van der Waals surface area contributed by atoms with Crippen LogP contribution in [0.2, 0.25) is 0 Å². The number of hydrogen-bond donors (Lipinski definition) is 1. The first-order valence-corrected chi connectivity index (χ1v) is 10.7. The maximum absolute atomic E-state index is 14.2. The van der Waals surface area contributed by atoms with E-state index in [4.69, 9.17) is 4.74 Å². The van der Waals surface area contributed by atoms with Gasteiger partial charge < -0.3 is 14.6 Å². The van der Waals surface area contributed by atoms with E-state index in [1.54, 1.807) is 19.4 Å². The highest BCUT2D eigenvalue weighted by molar-refractivity contribution is 7.91. The number of nitrogens with one attached hydrogen (secondary N) is 1. The predicted molar refractivity (Wildman–Crippen MR) is 104 cm³/mol. The van der Waals surface area contributed by atoms with Crippen molar-refractivity contribution in [2.24, 2.45) is 5.92 Å². The molecular weight excluding hydrogens is 381 g/mol. The Morgan fingerprint density at radius 1 is 1.25 bits per heavy atom. The van der Waals surface area contributed by atoms with Gasteiger partial charge in [-0.3, -0.25) is 0 Å². The summed E-state index contributed by atoms with van der Waals surface area (Å²) in [6, 6.07) is 7.20. The fourth-order valence-corrected chi connectivity index (χ4v) is 5.20. The van der Waals surface area contributed by atoms with Crippen LogP contribution in [-0.2, 0) is 16.4 Å². The van der Waals surface area contributed by atoms with Crippen molar-refractivity contribution in [3.63, 3.8) is 0 Å². The van der Waals surface area contributed by atoms with Gasteiger partial charge in [-0.1, -0.05) is 12.1 Å². The van der Waals surface area contributed by atoms with Gasteiger partial charge in [0.2, 0.25) is 9.84 Å². The van der Waals surface area contributed by atoms with Crippen LogP contribution in [0.3, 0.4) is 0 Å². The lowest BCUT2D eigenvalue weighted by Crippen LogP contribution is -2.29. The number of pyridine rings is 1. The molecule has 0 spiro atoms. The number of sulfone groups is 1. The molecule has 0 radical (unpaired) electrons. The molecular formula is C20H22FN3O3S. The quantitative estimate of drug-likeness (QED) is 0.709. The lowest BCUT2D eigenvalue weighted by molar-refractivity contribution is 0.336. The Morgan fingerprint density at radius 3 is 2.71 bits per heavy atom. The van der Waals surface area contributed by atoms with Crippen LogP contribution in [-0.4, -0.2) is 38.2 Å². The Balaban J connectivity index is 1.85. The molecule has 0 amide bonds. The molecule has 0 aliphatic carbocycles. The molecule has 1 aliphatic heterocycles. The molecule has 6 nitrogen and oxygen atoms in total. The lowest BCUT2D eigenvalue weighted by atomic mass is 9.98. The minimum atomic E-state index is -4.05. The van der Waals surface area contributed by atoms with Crippen LogP contribution in [0.1, 0.15) is 12.8 Å². The number of hydrogen-bond acceptors (Lipinski definition) is 5. The fourth-order valence-electron chi connectivity index (χ4n) is 3.70. The van der Waals surface area contributed by atoms with E-state index < -0.39 is 15.7 Å². The summed E-state index contributed by atoms with van der Waals surface area (Å²) < 4.78 is 47.8. The topological polar surface area (TPSA) is 73.2 Å². The Hall–Kier alpha value is -2.45. The second-order valence-electron chi connectivity index (χ2n) is 7.02. The third-order valence-electron chi connectivity index (χ3n) is 5.22. The first-order valence-electron chi connectivity index (χ1n) is 9.24. The number of fused-ring (bicyclic) bond motifs is 1. The molecule has 1 fully saturated rings. The molecule has 2 aromatic heterocycles. The molecule has 1 N–H and O–H groups in total. The van der Waals surface area contributed by atoms with Crippen molar-refractivity contribution >= 4 is 20.9 Å². The van der Waals surface area contributed by atoms with Gasteiger partial charge in [0.1, 0.15) is 26.9 Å². The summed E-state index contributed by atoms with van der Waals surface area (Å²) in [5.41, 5.74) is 1.01. The van der Waals surface area contributed by atoms with Crippen LogP contribution in [0.15, 0.2) is 52.5 Å². The average Bonchev–Trinajstić information content (AvgIpc) is 3.07. The van der Waals surface area contributed by atoms with Crippen LogP contribution in [0.5, 0.6) is 5.75 Å². The maximum Gasteiger partial charge on any atom is 0.213 e. The smallest absolute Gasteiger partial charge is 0.213 e. The Labute approximate surface area is 163 Å². The zero-order valence-electron chi connectivity index (χ0n) is 15.6. The van der Waals surface area contributed by atoms with Crippen molar-refractivity contribution in [3.8, 4) is 5.75 Å². The molecule has 1 saturated heterocycles. The Bertz CT molecular complexity index is 1110. The fraction of sp³-hybridized carbons (Fsp3) is 0.350. The number of ether oxygens (including phenoxy) is 1. The summed E-state index contributed by atoms with van der Waals surface area (Å²) in [5.74, 6) is 0.217. The van der Waals surface area contributed by atoms with Crippen molar-refractivity contribution in [1.29, 1.82) is 0 Å². The molecule has 1 aliphatic rings. The summed E-state index contributed by atoms with van der Waals surface area (Å²) in [5, 5.41) is 3.33. The SMILES string of the molecule is COc1cnc2c(S(=O)(=O)c3ccccc3F)cn(CC3CCNCC3)c2c1. The monoisotopic (exact) mass is 403 g/mol. The highest BCUT2D eigenvalue weighted by Crippen LogP contribution is 2.32. The summed E-state index contributed by atoms with van der Waals surface area (Å²) in [6.07, 6.45) is 5.11. The molecule has 1 aromatic carbocycles. The van der Waals surface area contributed by atoms with Crippen LogP contribution in [0.25, 0.3) is 11.0 Å². The van der Waals surface area contributed by atoms with E-state index >= 15 is 0 Å². The second kappa shape index (κ2) is 7.52. The number of rotatable bonds is 5. The summed E-state index contributed by atoms with van der Waals surface area (Å²) in [4.78, 5) is 4.01. The van der Waals surface area contributed by atoms with Gasteiger partial charge in [0, 0.05) is 18.8 Å². The van der Waals surface area contributed by atoms with Gasteiger partial charge in [-0.05, 0) is 44.0 Å². The van der Waals surface area contributed by atoms with Gasteiger partial charge in [-0.15, -0.1) is 0 Å². The average molecular weight is 403 g/mol. The molecule has 0 saturated carbocycles. The number of piperidine rings is 1. The second-order valence-corrected chi connectivity index (χ2v) is 8.90. The highest BCUT2D eigenvalue weighted by Gasteiger charge is 2.28. The van der Waals surface area contributed by atoms with Crippen LogP contribution >= 0.6 is 0 Å². The third kappa shape index (κ3) is 3.38. The predicted octanol–water partition coefficient (Wildman–Crippen LogP) is 3.02. The number of methoxy groups -OCH3 is 1. The maximum atomic E-state index is 14.2. The standard InChI is InChI=1S/C20H22FN3O3S/c1-27-15-10-17-20(23-11-15)19(13-24(17)12-14-6-8-22-9-7-14)28(25,26)18-5-3-2-4-16(18)21/h2-5,10-11,13-14,22H,6-9,12H2,1H3. The van der Waals surface area contributed by atoms with Crippen molar-refractivity contribution in [3.05, 3.63) is 48.5 Å². The van der Waals surface area contributed by atoms with Crippen molar-refractivity contribution in [2.75, 3.05) is 20.2 Å². The van der Waals surface area contributed by atoms with E-state index in [2.05, 4.69) is 10.3 Å². The number of benzene rings is 1. The molecule has 28 heavy (non-hydrogen) atoms. The molecule has 8 heteroatoms. The number of halogens is 1. The van der Waals surface area contributed by atoms with Crippen molar-refractivity contribution < 1.29 is 17.5 Å². The van der Waals surface area contributed by atoms with Crippen molar-refractivity contribution in [1.82, 2.24) is 14.9 Å². The van der Waals surface area contributed by atoms with E-state index in [9.17, 15) is 12.8 Å². The summed E-state index contributed by atoms with van der Waals surface area (Å²) in [6.45, 7) is 2.58. The Kier molecular flexibility index (Phi) is 5.07. The molecule has 0 atom stereocenters. The van der Waals surface area contributed by atoms with Crippen LogP contribution < -0.4 is 10.1 Å². The number of nitrogens with zero attached hydrogens (tertiary/aromatic N) is 2. The van der Waals surface area contributed by atoms with E-state index in [1.165, 1.54) is 24.4 Å². The van der Waals surface area contributed by atoms with Crippen LogP contribution in [0, 0.1) is 11.7 Å². The van der Waals surface area contributed by atoms with Gasteiger partial charge in [0.05, 0.1) is 18.8 Å². The molecule has 148 valence electrons. The number of aromatic nitrogens is 2. The molecule has 4 rings (SSSR count). The van der Waals surface area contributed by atoms with Gasteiger partial charge in [0.25, 0.3) is 0 Å². The van der Waals surface area contributed by atoms with Gasteiger partial charge in [-0.2, -0.15) is 0 Å². The third-order valence-corrected chi connectivity index (χ3v) is 7.01. The van der Waals surface area contributed by atoms with Gasteiger partial charge in [0.15, 0.2) is 0 Å². The molecule has 0 unspecified atom stereocenters. The first kappa shape index (κ1) is 18.9. The van der Waals surface area contributed by atoms with Crippen molar-refractivity contribution in [2.45, 2.75) is 29.2 Å². The largest absolute Gasteiger partial charge is 0.495 e. The minimum Gasteiger partial charge on any atom is -0.495 e. The van der Waals surface area contributed by atoms with E-state index in [-0.39, 0.29) is 9.79 Å². The van der Waals surface area contributed by atoms with Crippen LogP contribution in [0.4, 0.5) is 4.39 Å². The van der Waals surface area contributed by atoms with Gasteiger partial charge in [-0.25, -0.2) is 17.8 Å². The first-order chi connectivity index (χ1) is 13.5. The molecule has 3 heterocycles. The summed E-state index contributed by atoms with van der Waals surface area (Å²) in [7, 11) is -2.51. The van der Waals surface area contributed by atoms with E-state index in [0.29, 0.717) is 29.2 Å².